The van der Waals surface area contributed by atoms with Crippen LogP contribution in [0.15, 0.2) is 53.0 Å². The third-order valence-corrected chi connectivity index (χ3v) is 3.65. The molecule has 0 aliphatic heterocycles. The van der Waals surface area contributed by atoms with Crippen LogP contribution in [0.5, 0.6) is 5.75 Å². The minimum absolute atomic E-state index is 0.667. The summed E-state index contributed by atoms with van der Waals surface area (Å²) in [7, 11) is 2.08. The fourth-order valence-electron chi connectivity index (χ4n) is 1.86. The number of hydrogen-bond acceptors (Lipinski definition) is 2. The molecule has 0 saturated carbocycles. The van der Waals surface area contributed by atoms with E-state index in [0.717, 1.165) is 28.3 Å². The van der Waals surface area contributed by atoms with Gasteiger partial charge < -0.3 is 4.74 Å². The van der Waals surface area contributed by atoms with Crippen LogP contribution in [0.3, 0.4) is 0 Å². The Morgan fingerprint density at radius 2 is 1.90 bits per heavy atom. The van der Waals surface area contributed by atoms with Crippen molar-refractivity contribution in [3.63, 3.8) is 0 Å². The molecule has 20 heavy (non-hydrogen) atoms. The molecule has 0 fully saturated rings. The molecule has 0 spiro atoms. The van der Waals surface area contributed by atoms with Crippen LogP contribution in [0.1, 0.15) is 5.56 Å². The van der Waals surface area contributed by atoms with Gasteiger partial charge in [0.2, 0.25) is 0 Å². The van der Waals surface area contributed by atoms with Gasteiger partial charge >= 0.3 is 0 Å². The third kappa shape index (κ3) is 5.16. The summed E-state index contributed by atoms with van der Waals surface area (Å²) in [6.45, 7) is 2.43. The number of hydrogen-bond donors (Lipinski definition) is 0. The molecule has 0 aliphatic carbocycles. The first-order valence-corrected chi connectivity index (χ1v) is 7.62. The summed E-state index contributed by atoms with van der Waals surface area (Å²) in [5, 5.41) is 0.773. The highest BCUT2D eigenvalue weighted by Gasteiger charge is 2.01. The lowest BCUT2D eigenvalue weighted by Crippen LogP contribution is -2.23. The summed E-state index contributed by atoms with van der Waals surface area (Å²) in [5.41, 5.74) is 1.25. The molecule has 0 N–H and O–H groups in total. The zero-order chi connectivity index (χ0) is 14.4. The number of ether oxygens (including phenoxy) is 1. The minimum atomic E-state index is 0.667. The Morgan fingerprint density at radius 3 is 2.60 bits per heavy atom. The predicted molar refractivity (Wildman–Crippen MR) is 87.4 cm³/mol. The zero-order valence-electron chi connectivity index (χ0n) is 11.4. The molecular weight excluding hydrogens is 338 g/mol. The van der Waals surface area contributed by atoms with Crippen molar-refractivity contribution < 1.29 is 4.74 Å². The van der Waals surface area contributed by atoms with Gasteiger partial charge in [0.05, 0.1) is 0 Å². The number of benzene rings is 2. The Morgan fingerprint density at radius 1 is 1.15 bits per heavy atom. The van der Waals surface area contributed by atoms with E-state index in [1.807, 2.05) is 48.5 Å². The fourth-order valence-corrected chi connectivity index (χ4v) is 2.36. The topological polar surface area (TPSA) is 12.5 Å². The van der Waals surface area contributed by atoms with Gasteiger partial charge in [0.25, 0.3) is 0 Å². The Hall–Kier alpha value is -1.03. The second kappa shape index (κ2) is 7.67. The van der Waals surface area contributed by atoms with Gasteiger partial charge in [-0.2, -0.15) is 0 Å². The molecule has 0 radical (unpaired) electrons. The lowest BCUT2D eigenvalue weighted by Gasteiger charge is -2.17. The lowest BCUT2D eigenvalue weighted by atomic mass is 10.2. The van der Waals surface area contributed by atoms with Gasteiger partial charge in [-0.05, 0) is 42.9 Å². The first-order valence-electron chi connectivity index (χ1n) is 6.45. The largest absolute Gasteiger partial charge is 0.492 e. The van der Waals surface area contributed by atoms with Gasteiger partial charge in [0, 0.05) is 22.6 Å². The second-order valence-electron chi connectivity index (χ2n) is 4.67. The van der Waals surface area contributed by atoms with Gasteiger partial charge in [-0.1, -0.05) is 45.7 Å². The van der Waals surface area contributed by atoms with Crippen molar-refractivity contribution >= 4 is 27.5 Å². The van der Waals surface area contributed by atoms with E-state index in [2.05, 4.69) is 27.9 Å². The van der Waals surface area contributed by atoms with E-state index in [1.54, 1.807) is 0 Å². The van der Waals surface area contributed by atoms with E-state index in [9.17, 15) is 0 Å². The average molecular weight is 355 g/mol. The van der Waals surface area contributed by atoms with Crippen LogP contribution < -0.4 is 4.74 Å². The molecule has 2 aromatic carbocycles. The zero-order valence-corrected chi connectivity index (χ0v) is 13.7. The average Bonchev–Trinajstić information content (AvgIpc) is 2.41. The maximum Gasteiger partial charge on any atom is 0.120 e. The van der Waals surface area contributed by atoms with Crippen LogP contribution in [0.2, 0.25) is 5.02 Å². The molecule has 0 amide bonds. The summed E-state index contributed by atoms with van der Waals surface area (Å²) < 4.78 is 6.75. The first kappa shape index (κ1) is 15.4. The molecule has 0 atom stereocenters. The number of halogens is 2. The van der Waals surface area contributed by atoms with Crippen molar-refractivity contribution in [2.45, 2.75) is 6.54 Å². The Labute approximate surface area is 133 Å². The van der Waals surface area contributed by atoms with Crippen molar-refractivity contribution in [1.82, 2.24) is 4.90 Å². The van der Waals surface area contributed by atoms with Crippen LogP contribution in [0.25, 0.3) is 0 Å². The van der Waals surface area contributed by atoms with Crippen molar-refractivity contribution in [1.29, 1.82) is 0 Å². The summed E-state index contributed by atoms with van der Waals surface area (Å²) in [4.78, 5) is 2.22. The molecule has 2 aromatic rings. The summed E-state index contributed by atoms with van der Waals surface area (Å²) in [5.74, 6) is 0.888. The van der Waals surface area contributed by atoms with Crippen molar-refractivity contribution in [2.24, 2.45) is 0 Å². The quantitative estimate of drug-likeness (QED) is 0.751. The first-order chi connectivity index (χ1) is 9.63. The maximum atomic E-state index is 5.87. The Balaban J connectivity index is 1.75. The molecule has 4 heteroatoms. The molecule has 0 aliphatic rings. The highest BCUT2D eigenvalue weighted by Crippen LogP contribution is 2.17. The van der Waals surface area contributed by atoms with Gasteiger partial charge in [0.1, 0.15) is 12.4 Å². The van der Waals surface area contributed by atoms with Gasteiger partial charge in [-0.25, -0.2) is 0 Å². The molecule has 0 saturated heterocycles. The summed E-state index contributed by atoms with van der Waals surface area (Å²) in [6.07, 6.45) is 0. The normalized spacial score (nSPS) is 10.8. The molecule has 2 nitrogen and oxygen atoms in total. The highest BCUT2D eigenvalue weighted by molar-refractivity contribution is 9.10. The Kier molecular flexibility index (Phi) is 5.89. The molecule has 106 valence electrons. The van der Waals surface area contributed by atoms with Crippen molar-refractivity contribution in [3.8, 4) is 5.75 Å². The van der Waals surface area contributed by atoms with E-state index < -0.39 is 0 Å². The fraction of sp³-hybridized carbons (Fsp3) is 0.250. The number of rotatable bonds is 6. The van der Waals surface area contributed by atoms with E-state index in [0.29, 0.717) is 6.61 Å². The Bertz CT molecular complexity index is 544. The van der Waals surface area contributed by atoms with Crippen LogP contribution in [0, 0.1) is 0 Å². The lowest BCUT2D eigenvalue weighted by molar-refractivity contribution is 0.233. The van der Waals surface area contributed by atoms with Crippen LogP contribution in [-0.2, 0) is 6.54 Å². The third-order valence-electron chi connectivity index (χ3n) is 2.90. The standard InChI is InChI=1S/C16H17BrClNO/c1-19(12-13-5-7-15(18)8-6-13)9-10-20-16-4-2-3-14(17)11-16/h2-8,11H,9-10,12H2,1H3. The molecule has 0 bridgehead atoms. The number of nitrogens with zero attached hydrogens (tertiary/aromatic N) is 1. The SMILES string of the molecule is CN(CCOc1cccc(Br)c1)Cc1ccc(Cl)cc1. The van der Waals surface area contributed by atoms with Gasteiger partial charge in [-0.15, -0.1) is 0 Å². The molecular formula is C16H17BrClNO. The van der Waals surface area contributed by atoms with Crippen LogP contribution >= 0.6 is 27.5 Å². The predicted octanol–water partition coefficient (Wildman–Crippen LogP) is 4.61. The van der Waals surface area contributed by atoms with E-state index >= 15 is 0 Å². The summed E-state index contributed by atoms with van der Waals surface area (Å²) >= 11 is 9.31. The molecule has 0 aromatic heterocycles. The smallest absolute Gasteiger partial charge is 0.120 e. The van der Waals surface area contributed by atoms with Crippen molar-refractivity contribution in [3.05, 3.63) is 63.6 Å². The minimum Gasteiger partial charge on any atom is -0.492 e. The van der Waals surface area contributed by atoms with Crippen LogP contribution in [-0.4, -0.2) is 25.1 Å². The monoisotopic (exact) mass is 353 g/mol. The van der Waals surface area contributed by atoms with Gasteiger partial charge in [-0.3, -0.25) is 4.90 Å². The highest BCUT2D eigenvalue weighted by atomic mass is 79.9. The molecule has 2 rings (SSSR count). The molecule has 0 heterocycles. The maximum absolute atomic E-state index is 5.87. The van der Waals surface area contributed by atoms with Crippen molar-refractivity contribution in [2.75, 3.05) is 20.2 Å². The number of likely N-dealkylation sites (N-methyl/N-ethyl adjacent to an activating group) is 1. The van der Waals surface area contributed by atoms with Crippen LogP contribution in [0.4, 0.5) is 0 Å². The van der Waals surface area contributed by atoms with E-state index in [4.69, 9.17) is 16.3 Å². The van der Waals surface area contributed by atoms with E-state index in [-0.39, 0.29) is 0 Å². The van der Waals surface area contributed by atoms with E-state index in [1.165, 1.54) is 5.56 Å². The summed E-state index contributed by atoms with van der Waals surface area (Å²) in [6, 6.07) is 15.8. The second-order valence-corrected chi connectivity index (χ2v) is 6.02. The molecule has 0 unspecified atom stereocenters. The van der Waals surface area contributed by atoms with Gasteiger partial charge in [0.15, 0.2) is 0 Å².